The van der Waals surface area contributed by atoms with Crippen LogP contribution in [0.1, 0.15) is 13.8 Å². The number of rotatable bonds is 4. The first kappa shape index (κ1) is 12.2. The fourth-order valence-electron chi connectivity index (χ4n) is 0.822. The molecule has 3 N–H and O–H groups in total. The average molecular weight is 191 g/mol. The Morgan fingerprint density at radius 1 is 1.29 bits per heavy atom. The minimum absolute atomic E-state index is 0.299. The number of nitrogens with one attached hydrogen (secondary N) is 1. The molecule has 14 heavy (non-hydrogen) atoms. The lowest BCUT2D eigenvalue weighted by Crippen LogP contribution is -2.14. The Bertz CT molecular complexity index is 309. The Morgan fingerprint density at radius 3 is 2.43 bits per heavy atom. The largest absolute Gasteiger partial charge is 0.859 e. The van der Waals surface area contributed by atoms with Gasteiger partial charge in [0.15, 0.2) is 0 Å². The van der Waals surface area contributed by atoms with Crippen LogP contribution in [0.25, 0.3) is 0 Å². The Morgan fingerprint density at radius 2 is 1.93 bits per heavy atom. The third kappa shape index (κ3) is 6.91. The molecule has 0 aromatic heterocycles. The normalized spacial score (nSPS) is 14.1. The Kier molecular flexibility index (Phi) is 5.87. The monoisotopic (exact) mass is 191 g/mol. The summed E-state index contributed by atoms with van der Waals surface area (Å²) in [5, 5.41) is 17.0. The van der Waals surface area contributed by atoms with Crippen LogP contribution in [-0.4, -0.2) is 5.90 Å². The molecule has 0 rings (SSSR count). The number of nitrogens with two attached hydrogens (primary N) is 1. The van der Waals surface area contributed by atoms with E-state index in [1.165, 1.54) is 0 Å². The smallest absolute Gasteiger partial charge is 0.0325 e. The summed E-state index contributed by atoms with van der Waals surface area (Å²) >= 11 is 0. The first-order valence-electron chi connectivity index (χ1n) is 4.26. The highest BCUT2D eigenvalue weighted by Crippen LogP contribution is 1.99. The van der Waals surface area contributed by atoms with Crippen LogP contribution < -0.4 is 10.8 Å². The molecule has 0 saturated heterocycles. The molecule has 0 amide bonds. The zero-order chi connectivity index (χ0) is 11.0. The van der Waals surface area contributed by atoms with Crippen LogP contribution in [0.5, 0.6) is 0 Å². The Labute approximate surface area is 84.4 Å². The van der Waals surface area contributed by atoms with Gasteiger partial charge in [-0.15, -0.1) is 0 Å². The molecule has 0 aromatic carbocycles. The van der Waals surface area contributed by atoms with Crippen molar-refractivity contribution >= 4 is 5.90 Å². The lowest BCUT2D eigenvalue weighted by molar-refractivity contribution is -0.213. The van der Waals surface area contributed by atoms with Crippen molar-refractivity contribution in [2.75, 3.05) is 0 Å². The fraction of sp³-hybridized carbons (Fsp3) is 0.182. The van der Waals surface area contributed by atoms with Crippen molar-refractivity contribution in [3.63, 3.8) is 0 Å². The molecule has 3 heteroatoms. The predicted molar refractivity (Wildman–Crippen MR) is 57.7 cm³/mol. The fourth-order valence-corrected chi connectivity index (χ4v) is 0.822. The molecule has 0 unspecified atom stereocenters. The van der Waals surface area contributed by atoms with Crippen LogP contribution in [0.4, 0.5) is 0 Å². The van der Waals surface area contributed by atoms with Crippen molar-refractivity contribution in [1.82, 2.24) is 0 Å². The van der Waals surface area contributed by atoms with Crippen molar-refractivity contribution in [2.24, 2.45) is 5.73 Å². The highest BCUT2D eigenvalue weighted by atomic mass is 16.3. The summed E-state index contributed by atoms with van der Waals surface area (Å²) < 4.78 is 0. The maximum Gasteiger partial charge on any atom is 0.0325 e. The summed E-state index contributed by atoms with van der Waals surface area (Å²) in [6, 6.07) is 0. The maximum absolute atomic E-state index is 10.3. The summed E-state index contributed by atoms with van der Waals surface area (Å²) in [7, 11) is 0. The van der Waals surface area contributed by atoms with Gasteiger partial charge < -0.3 is 16.2 Å². The molecule has 0 bridgehead atoms. The molecule has 0 fully saturated rings. The van der Waals surface area contributed by atoms with E-state index >= 15 is 0 Å². The SMILES string of the molecule is C/C=C/C=C\C(C)=C\C(N)=C\C(=N)[O-]. The van der Waals surface area contributed by atoms with E-state index in [-0.39, 0.29) is 0 Å². The van der Waals surface area contributed by atoms with Gasteiger partial charge in [0.25, 0.3) is 0 Å². The Balaban J connectivity index is 4.44. The van der Waals surface area contributed by atoms with Crippen LogP contribution in [0.15, 0.2) is 47.7 Å². The van der Waals surface area contributed by atoms with E-state index in [0.29, 0.717) is 5.70 Å². The highest BCUT2D eigenvalue weighted by molar-refractivity contribution is 5.81. The predicted octanol–water partition coefficient (Wildman–Crippen LogP) is 1.25. The quantitative estimate of drug-likeness (QED) is 0.398. The molecule has 3 nitrogen and oxygen atoms in total. The zero-order valence-corrected chi connectivity index (χ0v) is 8.45. The van der Waals surface area contributed by atoms with E-state index in [1.54, 1.807) is 6.08 Å². The average Bonchev–Trinajstić information content (AvgIpc) is 2.02. The molecule has 0 heterocycles. The van der Waals surface area contributed by atoms with Gasteiger partial charge in [0.05, 0.1) is 0 Å². The maximum atomic E-state index is 10.3. The van der Waals surface area contributed by atoms with Gasteiger partial charge in [0, 0.05) is 5.70 Å². The van der Waals surface area contributed by atoms with Gasteiger partial charge in [-0.05, 0) is 37.5 Å². The lowest BCUT2D eigenvalue weighted by Gasteiger charge is -2.00. The van der Waals surface area contributed by atoms with Crippen LogP contribution >= 0.6 is 0 Å². The minimum Gasteiger partial charge on any atom is -0.859 e. The summed E-state index contributed by atoms with van der Waals surface area (Å²) in [6.45, 7) is 3.80. The number of hydrogen-bond donors (Lipinski definition) is 2. The second-order valence-corrected chi connectivity index (χ2v) is 2.78. The van der Waals surface area contributed by atoms with Crippen molar-refractivity contribution in [1.29, 1.82) is 5.41 Å². The first-order valence-corrected chi connectivity index (χ1v) is 4.26. The molecular formula is C11H15N2O-. The van der Waals surface area contributed by atoms with Crippen LogP contribution in [0, 0.1) is 5.41 Å². The third-order valence-corrected chi connectivity index (χ3v) is 1.35. The highest BCUT2D eigenvalue weighted by Gasteiger charge is 1.84. The van der Waals surface area contributed by atoms with E-state index in [4.69, 9.17) is 11.1 Å². The Hall–Kier alpha value is -1.77. The van der Waals surface area contributed by atoms with Gasteiger partial charge in [-0.3, -0.25) is 0 Å². The molecule has 76 valence electrons. The van der Waals surface area contributed by atoms with E-state index in [9.17, 15) is 5.11 Å². The van der Waals surface area contributed by atoms with E-state index in [0.717, 1.165) is 11.6 Å². The number of allylic oxidation sites excluding steroid dienone is 6. The van der Waals surface area contributed by atoms with Gasteiger partial charge in [-0.2, -0.15) is 0 Å². The molecule has 0 aliphatic rings. The van der Waals surface area contributed by atoms with Crippen LogP contribution in [0.2, 0.25) is 0 Å². The summed E-state index contributed by atoms with van der Waals surface area (Å²) in [6.07, 6.45) is 10.3. The van der Waals surface area contributed by atoms with Gasteiger partial charge in [0.1, 0.15) is 0 Å². The summed E-state index contributed by atoms with van der Waals surface area (Å²) in [5.74, 6) is -0.788. The molecular weight excluding hydrogens is 176 g/mol. The molecule has 0 radical (unpaired) electrons. The van der Waals surface area contributed by atoms with Crippen molar-refractivity contribution in [3.05, 3.63) is 47.7 Å². The summed E-state index contributed by atoms with van der Waals surface area (Å²) in [5.41, 5.74) is 6.70. The van der Waals surface area contributed by atoms with Crippen molar-refractivity contribution in [3.8, 4) is 0 Å². The van der Waals surface area contributed by atoms with Gasteiger partial charge in [-0.25, -0.2) is 0 Å². The lowest BCUT2D eigenvalue weighted by atomic mass is 10.2. The van der Waals surface area contributed by atoms with Gasteiger partial charge in [0.2, 0.25) is 0 Å². The van der Waals surface area contributed by atoms with Crippen LogP contribution in [-0.2, 0) is 0 Å². The number of hydrogen-bond acceptors (Lipinski definition) is 3. The summed E-state index contributed by atoms with van der Waals surface area (Å²) in [4.78, 5) is 0. The third-order valence-electron chi connectivity index (χ3n) is 1.35. The second kappa shape index (κ2) is 6.71. The molecule has 0 aromatic rings. The zero-order valence-electron chi connectivity index (χ0n) is 8.45. The van der Waals surface area contributed by atoms with Crippen LogP contribution in [0.3, 0.4) is 0 Å². The molecule has 0 spiro atoms. The second-order valence-electron chi connectivity index (χ2n) is 2.78. The molecule has 0 aliphatic heterocycles. The molecule has 0 aliphatic carbocycles. The van der Waals surface area contributed by atoms with Crippen molar-refractivity contribution < 1.29 is 5.11 Å². The van der Waals surface area contributed by atoms with Gasteiger partial charge >= 0.3 is 0 Å². The van der Waals surface area contributed by atoms with Crippen molar-refractivity contribution in [2.45, 2.75) is 13.8 Å². The minimum atomic E-state index is -0.788. The first-order chi connectivity index (χ1) is 6.56. The van der Waals surface area contributed by atoms with E-state index in [1.807, 2.05) is 38.2 Å². The van der Waals surface area contributed by atoms with Gasteiger partial charge in [-0.1, -0.05) is 24.3 Å². The topological polar surface area (TPSA) is 72.9 Å². The molecule has 0 atom stereocenters. The molecule has 0 saturated carbocycles. The van der Waals surface area contributed by atoms with E-state index in [2.05, 4.69) is 0 Å². The standard InChI is InChI=1S/C11H16N2O/c1-3-4-5-6-9(2)7-10(12)8-11(13)14/h3-8H,12H2,1-2H3,(H2,13,14)/p-1/b4-3+,6-5-,9-7+,10-8-. The van der Waals surface area contributed by atoms with E-state index < -0.39 is 5.90 Å².